The van der Waals surface area contributed by atoms with Gasteiger partial charge in [-0.2, -0.15) is 0 Å². The quantitative estimate of drug-likeness (QED) is 0.544. The smallest absolute Gasteiger partial charge is 0.286 e. The molecule has 0 unspecified atom stereocenters. The highest BCUT2D eigenvalue weighted by Crippen LogP contribution is 2.23. The number of benzene rings is 1. The Kier molecular flexibility index (Phi) is 4.75. The Balaban J connectivity index is 1.94. The van der Waals surface area contributed by atoms with E-state index in [1.54, 1.807) is 0 Å². The number of anilines is 1. The molecule has 0 atom stereocenters. The Morgan fingerprint density at radius 3 is 2.75 bits per heavy atom. The van der Waals surface area contributed by atoms with E-state index >= 15 is 0 Å². The van der Waals surface area contributed by atoms with Crippen molar-refractivity contribution in [3.05, 3.63) is 67.5 Å². The second-order valence-electron chi connectivity index (χ2n) is 5.76. The lowest BCUT2D eigenvalue weighted by atomic mass is 10.1. The molecule has 1 aromatic carbocycles. The highest BCUT2D eigenvalue weighted by atomic mass is 16.1. The van der Waals surface area contributed by atoms with Crippen molar-refractivity contribution in [2.24, 2.45) is 0 Å². The van der Waals surface area contributed by atoms with Crippen LogP contribution in [0.3, 0.4) is 0 Å². The highest BCUT2D eigenvalue weighted by Gasteiger charge is 2.17. The molecule has 3 rings (SSSR count). The maximum atomic E-state index is 11.7. The highest BCUT2D eigenvalue weighted by molar-refractivity contribution is 5.90. The molecule has 1 amide bonds. The standard InChI is InChI=1S/C20H21N3O/c1-3-7-19(24)21-17-11-9-16(10-12-17)18-15-22-14-6-5-8-20(22)23(18)13-4-2/h4-6,8-12,14-15H,2-3,7,13H2,1H3/p+1. The van der Waals surface area contributed by atoms with Crippen LogP contribution in [-0.2, 0) is 11.3 Å². The largest absolute Gasteiger partial charge is 0.326 e. The number of nitrogens with zero attached hydrogens (tertiary/aromatic N) is 2. The minimum Gasteiger partial charge on any atom is -0.326 e. The lowest BCUT2D eigenvalue weighted by Crippen LogP contribution is -2.17. The van der Waals surface area contributed by atoms with E-state index in [0.29, 0.717) is 6.42 Å². The number of imidazole rings is 1. The van der Waals surface area contributed by atoms with E-state index in [1.165, 1.54) is 0 Å². The molecule has 0 radical (unpaired) electrons. The van der Waals surface area contributed by atoms with Gasteiger partial charge in [-0.05, 0) is 36.8 Å². The predicted molar refractivity (Wildman–Crippen MR) is 96.8 cm³/mol. The van der Waals surface area contributed by atoms with Crippen LogP contribution in [0.25, 0.3) is 16.9 Å². The molecule has 0 saturated heterocycles. The van der Waals surface area contributed by atoms with Gasteiger partial charge in [-0.1, -0.05) is 25.6 Å². The van der Waals surface area contributed by atoms with Crippen LogP contribution >= 0.6 is 0 Å². The number of carbonyl (C=O) groups excluding carboxylic acids is 1. The fraction of sp³-hybridized carbons (Fsp3) is 0.200. The van der Waals surface area contributed by atoms with Crippen LogP contribution in [-0.4, -0.2) is 10.5 Å². The van der Waals surface area contributed by atoms with Crippen molar-refractivity contribution in [3.8, 4) is 11.3 Å². The summed E-state index contributed by atoms with van der Waals surface area (Å²) in [5.41, 5.74) is 4.17. The first kappa shape index (κ1) is 16.0. The van der Waals surface area contributed by atoms with Crippen molar-refractivity contribution in [1.82, 2.24) is 4.57 Å². The minimum absolute atomic E-state index is 0.0570. The Morgan fingerprint density at radius 1 is 1.25 bits per heavy atom. The first-order chi connectivity index (χ1) is 11.7. The van der Waals surface area contributed by atoms with Crippen LogP contribution < -0.4 is 9.72 Å². The molecule has 0 saturated carbocycles. The second kappa shape index (κ2) is 7.13. The summed E-state index contributed by atoms with van der Waals surface area (Å²) in [6.45, 7) is 6.60. The van der Waals surface area contributed by atoms with E-state index in [9.17, 15) is 4.79 Å². The van der Waals surface area contributed by atoms with Crippen molar-refractivity contribution < 1.29 is 9.20 Å². The normalized spacial score (nSPS) is 10.7. The lowest BCUT2D eigenvalue weighted by Gasteiger charge is -2.05. The van der Waals surface area contributed by atoms with Gasteiger partial charge in [0.05, 0.1) is 6.20 Å². The molecule has 0 spiro atoms. The van der Waals surface area contributed by atoms with Gasteiger partial charge in [0.15, 0.2) is 5.69 Å². The zero-order valence-corrected chi connectivity index (χ0v) is 13.9. The van der Waals surface area contributed by atoms with Gasteiger partial charge < -0.3 is 5.32 Å². The summed E-state index contributed by atoms with van der Waals surface area (Å²) in [6, 6.07) is 14.1. The molecule has 1 N–H and O–H groups in total. The SMILES string of the molecule is C=CCn1c(-c2ccc(NC(=O)CCC)cc2)c[n+]2ccccc12. The molecule has 4 nitrogen and oxygen atoms in total. The molecule has 0 bridgehead atoms. The molecule has 2 aromatic heterocycles. The summed E-state index contributed by atoms with van der Waals surface area (Å²) < 4.78 is 4.33. The molecule has 3 aromatic rings. The number of aromatic nitrogens is 2. The molecule has 0 aliphatic carbocycles. The van der Waals surface area contributed by atoms with Crippen LogP contribution in [0.2, 0.25) is 0 Å². The van der Waals surface area contributed by atoms with E-state index in [-0.39, 0.29) is 5.91 Å². The number of allylic oxidation sites excluding steroid dienone is 1. The minimum atomic E-state index is 0.0570. The van der Waals surface area contributed by atoms with Crippen LogP contribution in [0.4, 0.5) is 5.69 Å². The first-order valence-electron chi connectivity index (χ1n) is 8.23. The van der Waals surface area contributed by atoms with Gasteiger partial charge in [0.25, 0.3) is 5.65 Å². The predicted octanol–water partition coefficient (Wildman–Crippen LogP) is 3.82. The lowest BCUT2D eigenvalue weighted by molar-refractivity contribution is -0.510. The third-order valence-corrected chi connectivity index (χ3v) is 3.95. The van der Waals surface area contributed by atoms with E-state index < -0.39 is 0 Å². The Bertz CT molecular complexity index is 862. The monoisotopic (exact) mass is 320 g/mol. The molecule has 0 fully saturated rings. The number of nitrogens with one attached hydrogen (secondary N) is 1. The van der Waals surface area contributed by atoms with Crippen molar-refractivity contribution >= 4 is 17.2 Å². The number of rotatable bonds is 6. The third kappa shape index (κ3) is 3.23. The van der Waals surface area contributed by atoms with Crippen molar-refractivity contribution in [2.45, 2.75) is 26.3 Å². The molecule has 2 heterocycles. The van der Waals surface area contributed by atoms with E-state index in [0.717, 1.165) is 35.6 Å². The Morgan fingerprint density at radius 2 is 2.04 bits per heavy atom. The molecular weight excluding hydrogens is 298 g/mol. The van der Waals surface area contributed by atoms with Gasteiger partial charge in [-0.15, -0.1) is 0 Å². The summed E-state index contributed by atoms with van der Waals surface area (Å²) in [4.78, 5) is 11.7. The van der Waals surface area contributed by atoms with Gasteiger partial charge in [-0.25, -0.2) is 8.97 Å². The maximum absolute atomic E-state index is 11.7. The molecule has 0 aliphatic heterocycles. The maximum Gasteiger partial charge on any atom is 0.286 e. The second-order valence-corrected chi connectivity index (χ2v) is 5.76. The number of carbonyl (C=O) groups is 1. The molecule has 122 valence electrons. The van der Waals surface area contributed by atoms with Gasteiger partial charge in [0.1, 0.15) is 12.7 Å². The first-order valence-corrected chi connectivity index (χ1v) is 8.23. The average molecular weight is 320 g/mol. The molecule has 24 heavy (non-hydrogen) atoms. The van der Waals surface area contributed by atoms with Gasteiger partial charge >= 0.3 is 0 Å². The summed E-state index contributed by atoms with van der Waals surface area (Å²) >= 11 is 0. The average Bonchev–Trinajstić information content (AvgIpc) is 2.95. The summed E-state index contributed by atoms with van der Waals surface area (Å²) in [7, 11) is 0. The van der Waals surface area contributed by atoms with Crippen LogP contribution in [0.15, 0.2) is 67.5 Å². The molecule has 0 aliphatic rings. The Labute approximate surface area is 142 Å². The molecule has 4 heteroatoms. The van der Waals surface area contributed by atoms with E-state index in [1.807, 2.05) is 55.6 Å². The Hall–Kier alpha value is -2.88. The topological polar surface area (TPSA) is 38.1 Å². The van der Waals surface area contributed by atoms with Crippen LogP contribution in [0.1, 0.15) is 19.8 Å². The zero-order chi connectivity index (χ0) is 16.9. The molecular formula is C20H22N3O+. The number of hydrogen-bond acceptors (Lipinski definition) is 1. The van der Waals surface area contributed by atoms with Crippen LogP contribution in [0.5, 0.6) is 0 Å². The van der Waals surface area contributed by atoms with Crippen molar-refractivity contribution in [3.63, 3.8) is 0 Å². The summed E-state index contributed by atoms with van der Waals surface area (Å²) in [6.07, 6.45) is 7.45. The number of amides is 1. The fourth-order valence-corrected chi connectivity index (χ4v) is 2.84. The summed E-state index contributed by atoms with van der Waals surface area (Å²) in [5, 5.41) is 2.92. The van der Waals surface area contributed by atoms with E-state index in [4.69, 9.17) is 0 Å². The van der Waals surface area contributed by atoms with Gasteiger partial charge in [-0.3, -0.25) is 4.79 Å². The van der Waals surface area contributed by atoms with E-state index in [2.05, 4.69) is 33.1 Å². The van der Waals surface area contributed by atoms with Gasteiger partial charge in [0, 0.05) is 23.7 Å². The number of fused-ring (bicyclic) bond motifs is 1. The fourth-order valence-electron chi connectivity index (χ4n) is 2.84. The zero-order valence-electron chi connectivity index (χ0n) is 13.9. The van der Waals surface area contributed by atoms with Crippen molar-refractivity contribution in [1.29, 1.82) is 0 Å². The van der Waals surface area contributed by atoms with Crippen LogP contribution in [0, 0.1) is 0 Å². The van der Waals surface area contributed by atoms with Gasteiger partial charge in [0.2, 0.25) is 5.91 Å². The number of hydrogen-bond donors (Lipinski definition) is 1. The number of pyridine rings is 1. The van der Waals surface area contributed by atoms with Crippen molar-refractivity contribution in [2.75, 3.05) is 5.32 Å². The summed E-state index contributed by atoms with van der Waals surface area (Å²) in [5.74, 6) is 0.0570. The third-order valence-electron chi connectivity index (χ3n) is 3.95.